The van der Waals surface area contributed by atoms with E-state index in [1.165, 1.54) is 16.7 Å². The summed E-state index contributed by atoms with van der Waals surface area (Å²) in [5, 5.41) is 13.9. The number of nitrogens with zero attached hydrogens (tertiary/aromatic N) is 1. The van der Waals surface area contributed by atoms with Crippen molar-refractivity contribution in [2.75, 3.05) is 12.4 Å². The number of thiazole rings is 1. The van der Waals surface area contributed by atoms with E-state index in [0.717, 1.165) is 11.3 Å². The molecule has 1 aromatic heterocycles. The molecule has 0 amide bonds. The van der Waals surface area contributed by atoms with Crippen molar-refractivity contribution in [3.63, 3.8) is 0 Å². The molecule has 18 heavy (non-hydrogen) atoms. The zero-order valence-electron chi connectivity index (χ0n) is 9.71. The quantitative estimate of drug-likeness (QED) is 0.868. The monoisotopic (exact) mass is 264 g/mol. The second kappa shape index (κ2) is 5.61. The zero-order chi connectivity index (χ0) is 13.0. The van der Waals surface area contributed by atoms with E-state index in [-0.39, 0.29) is 5.69 Å². The summed E-state index contributed by atoms with van der Waals surface area (Å²) >= 11 is 1.26. The Hall–Kier alpha value is -1.92. The van der Waals surface area contributed by atoms with Gasteiger partial charge in [-0.05, 0) is 17.7 Å². The summed E-state index contributed by atoms with van der Waals surface area (Å²) in [6.07, 6.45) is 0. The highest BCUT2D eigenvalue weighted by molar-refractivity contribution is 7.14. The van der Waals surface area contributed by atoms with Crippen LogP contribution in [0.15, 0.2) is 29.6 Å². The minimum atomic E-state index is -1.02. The molecule has 0 atom stereocenters. The van der Waals surface area contributed by atoms with Crippen LogP contribution < -0.4 is 5.32 Å². The Morgan fingerprint density at radius 2 is 2.39 bits per heavy atom. The van der Waals surface area contributed by atoms with Crippen LogP contribution in [0.2, 0.25) is 0 Å². The molecule has 0 spiro atoms. The number of carboxylic acids is 1. The van der Waals surface area contributed by atoms with Crippen molar-refractivity contribution >= 4 is 28.1 Å². The summed E-state index contributed by atoms with van der Waals surface area (Å²) in [6, 6.07) is 7.69. The van der Waals surface area contributed by atoms with Gasteiger partial charge in [-0.15, -0.1) is 11.3 Å². The molecule has 1 heterocycles. The number of aromatic carboxylic acids is 1. The van der Waals surface area contributed by atoms with Gasteiger partial charge < -0.3 is 15.2 Å². The van der Waals surface area contributed by atoms with E-state index < -0.39 is 5.97 Å². The lowest BCUT2D eigenvalue weighted by molar-refractivity contribution is 0.0691. The summed E-state index contributed by atoms with van der Waals surface area (Å²) in [7, 11) is 1.64. The predicted octanol–water partition coefficient (Wildman–Crippen LogP) is 2.73. The highest BCUT2D eigenvalue weighted by Crippen LogP contribution is 2.21. The Balaban J connectivity index is 2.12. The van der Waals surface area contributed by atoms with E-state index in [1.807, 2.05) is 24.3 Å². The first-order valence-electron chi connectivity index (χ1n) is 5.23. The molecule has 6 heteroatoms. The van der Waals surface area contributed by atoms with Gasteiger partial charge in [-0.2, -0.15) is 0 Å². The van der Waals surface area contributed by atoms with E-state index >= 15 is 0 Å². The molecule has 0 aliphatic rings. The number of methoxy groups -OCH3 is 1. The minimum Gasteiger partial charge on any atom is -0.476 e. The molecule has 0 saturated heterocycles. The molecule has 0 aliphatic carbocycles. The van der Waals surface area contributed by atoms with E-state index in [2.05, 4.69) is 10.3 Å². The average Bonchev–Trinajstić information content (AvgIpc) is 2.78. The molecule has 0 unspecified atom stereocenters. The smallest absolute Gasteiger partial charge is 0.355 e. The third-order valence-electron chi connectivity index (χ3n) is 2.21. The van der Waals surface area contributed by atoms with Crippen molar-refractivity contribution < 1.29 is 14.6 Å². The maximum atomic E-state index is 10.7. The summed E-state index contributed by atoms with van der Waals surface area (Å²) in [4.78, 5) is 14.7. The van der Waals surface area contributed by atoms with Crippen LogP contribution in [0.5, 0.6) is 0 Å². The topological polar surface area (TPSA) is 71.5 Å². The molecule has 0 saturated carbocycles. The summed E-state index contributed by atoms with van der Waals surface area (Å²) in [6.45, 7) is 0.535. The summed E-state index contributed by atoms with van der Waals surface area (Å²) < 4.78 is 5.05. The van der Waals surface area contributed by atoms with Gasteiger partial charge in [0.1, 0.15) is 0 Å². The van der Waals surface area contributed by atoms with Crippen LogP contribution in [-0.4, -0.2) is 23.2 Å². The molecule has 5 nitrogen and oxygen atoms in total. The molecule has 0 radical (unpaired) electrons. The maximum absolute atomic E-state index is 10.7. The Morgan fingerprint density at radius 1 is 1.56 bits per heavy atom. The minimum absolute atomic E-state index is 0.0514. The maximum Gasteiger partial charge on any atom is 0.355 e. The van der Waals surface area contributed by atoms with Crippen LogP contribution in [0.3, 0.4) is 0 Å². The molecule has 1 aromatic carbocycles. The number of benzene rings is 1. The molecule has 0 fully saturated rings. The van der Waals surface area contributed by atoms with E-state index in [1.54, 1.807) is 7.11 Å². The van der Waals surface area contributed by atoms with Gasteiger partial charge in [0.05, 0.1) is 6.61 Å². The predicted molar refractivity (Wildman–Crippen MR) is 69.5 cm³/mol. The Kier molecular flexibility index (Phi) is 3.91. The fraction of sp³-hybridized carbons (Fsp3) is 0.167. The molecule has 0 bridgehead atoms. The number of hydrogen-bond donors (Lipinski definition) is 2. The number of aromatic nitrogens is 1. The van der Waals surface area contributed by atoms with Crippen molar-refractivity contribution in [2.24, 2.45) is 0 Å². The van der Waals surface area contributed by atoms with Gasteiger partial charge in [-0.3, -0.25) is 0 Å². The van der Waals surface area contributed by atoms with Gasteiger partial charge in [-0.25, -0.2) is 9.78 Å². The SMILES string of the molecule is COCc1cccc(Nc2nc(C(=O)O)cs2)c1. The second-order valence-corrected chi connectivity index (χ2v) is 4.46. The third kappa shape index (κ3) is 3.06. The van der Waals surface area contributed by atoms with Gasteiger partial charge in [0, 0.05) is 18.2 Å². The Bertz CT molecular complexity index is 554. The first-order valence-corrected chi connectivity index (χ1v) is 6.10. The van der Waals surface area contributed by atoms with Gasteiger partial charge in [-0.1, -0.05) is 12.1 Å². The molecular weight excluding hydrogens is 252 g/mol. The lowest BCUT2D eigenvalue weighted by Crippen LogP contribution is -1.97. The molecule has 2 aromatic rings. The van der Waals surface area contributed by atoms with Gasteiger partial charge >= 0.3 is 5.97 Å². The summed E-state index contributed by atoms with van der Waals surface area (Å²) in [5.41, 5.74) is 1.95. The van der Waals surface area contributed by atoms with Crippen LogP contribution in [-0.2, 0) is 11.3 Å². The fourth-order valence-corrected chi connectivity index (χ4v) is 2.16. The first kappa shape index (κ1) is 12.5. The van der Waals surface area contributed by atoms with Crippen molar-refractivity contribution in [3.8, 4) is 0 Å². The van der Waals surface area contributed by atoms with Crippen LogP contribution >= 0.6 is 11.3 Å². The van der Waals surface area contributed by atoms with Gasteiger partial charge in [0.2, 0.25) is 0 Å². The van der Waals surface area contributed by atoms with E-state index in [9.17, 15) is 4.79 Å². The van der Waals surface area contributed by atoms with Crippen molar-refractivity contribution in [1.29, 1.82) is 0 Å². The highest BCUT2D eigenvalue weighted by atomic mass is 32.1. The average molecular weight is 264 g/mol. The van der Waals surface area contributed by atoms with Gasteiger partial charge in [0.25, 0.3) is 0 Å². The number of ether oxygens (including phenoxy) is 1. The van der Waals surface area contributed by atoms with Crippen LogP contribution in [0.4, 0.5) is 10.8 Å². The first-order chi connectivity index (χ1) is 8.69. The molecule has 94 valence electrons. The van der Waals surface area contributed by atoms with Crippen molar-refractivity contribution in [1.82, 2.24) is 4.98 Å². The largest absolute Gasteiger partial charge is 0.476 e. The third-order valence-corrected chi connectivity index (χ3v) is 2.97. The fourth-order valence-electron chi connectivity index (χ4n) is 1.46. The van der Waals surface area contributed by atoms with E-state index in [4.69, 9.17) is 9.84 Å². The second-order valence-electron chi connectivity index (χ2n) is 3.60. The van der Waals surface area contributed by atoms with Crippen LogP contribution in [0, 0.1) is 0 Å². The number of carboxylic acid groups (broad SMARTS) is 1. The Labute approximate surface area is 108 Å². The number of nitrogens with one attached hydrogen (secondary N) is 1. The summed E-state index contributed by atoms with van der Waals surface area (Å²) in [5.74, 6) is -1.02. The molecular formula is C12H12N2O3S. The highest BCUT2D eigenvalue weighted by Gasteiger charge is 2.08. The van der Waals surface area contributed by atoms with Crippen molar-refractivity contribution in [3.05, 3.63) is 40.9 Å². The van der Waals surface area contributed by atoms with Gasteiger partial charge in [0.15, 0.2) is 10.8 Å². The Morgan fingerprint density at radius 3 is 3.06 bits per heavy atom. The van der Waals surface area contributed by atoms with E-state index in [0.29, 0.717) is 11.7 Å². The number of hydrogen-bond acceptors (Lipinski definition) is 5. The lowest BCUT2D eigenvalue weighted by Gasteiger charge is -2.05. The number of rotatable bonds is 5. The van der Waals surface area contributed by atoms with Crippen LogP contribution in [0.25, 0.3) is 0 Å². The zero-order valence-corrected chi connectivity index (χ0v) is 10.5. The molecule has 0 aliphatic heterocycles. The standard InChI is InChI=1S/C12H12N2O3S/c1-17-6-8-3-2-4-9(5-8)13-12-14-10(7-18-12)11(15)16/h2-5,7H,6H2,1H3,(H,13,14)(H,15,16). The normalized spacial score (nSPS) is 10.3. The number of carbonyl (C=O) groups is 1. The van der Waals surface area contributed by atoms with Crippen LogP contribution in [0.1, 0.15) is 16.1 Å². The molecule has 2 rings (SSSR count). The lowest BCUT2D eigenvalue weighted by atomic mass is 10.2. The molecule has 2 N–H and O–H groups in total. The van der Waals surface area contributed by atoms with Crippen molar-refractivity contribution in [2.45, 2.75) is 6.61 Å². The number of anilines is 2.